The molecule has 2 aliphatic rings. The number of aromatic nitrogens is 1. The molecule has 0 radical (unpaired) electrons. The van der Waals surface area contributed by atoms with Gasteiger partial charge in [0, 0.05) is 49.5 Å². The summed E-state index contributed by atoms with van der Waals surface area (Å²) in [5.41, 5.74) is 2.06. The molecule has 6 nitrogen and oxygen atoms in total. The molecule has 0 saturated carbocycles. The number of likely N-dealkylation sites (tertiary alicyclic amines) is 2. The number of carbonyl (C=O) groups excluding carboxylic acids is 1. The van der Waals surface area contributed by atoms with Gasteiger partial charge in [-0.15, -0.1) is 0 Å². The number of ether oxygens (including phenoxy) is 1. The molecule has 2 fully saturated rings. The predicted octanol–water partition coefficient (Wildman–Crippen LogP) is 3.99. The molecule has 2 aromatic rings. The number of urea groups is 1. The topological polar surface area (TPSA) is 57.7 Å². The fraction of sp³-hybridized carbons (Fsp3) is 0.524. The number of nitrogens with zero attached hydrogens (tertiary/aromatic N) is 3. The van der Waals surface area contributed by atoms with Gasteiger partial charge in [0.25, 0.3) is 5.19 Å². The zero-order valence-corrected chi connectivity index (χ0v) is 17.2. The summed E-state index contributed by atoms with van der Waals surface area (Å²) in [4.78, 5) is 21.2. The van der Waals surface area contributed by atoms with Gasteiger partial charge in [0.1, 0.15) is 6.10 Å². The molecule has 0 unspecified atom stereocenters. The van der Waals surface area contributed by atoms with E-state index in [0.717, 1.165) is 62.7 Å². The lowest BCUT2D eigenvalue weighted by molar-refractivity contribution is 0.0544. The average molecular weight is 401 g/mol. The van der Waals surface area contributed by atoms with Crippen LogP contribution in [0.5, 0.6) is 5.19 Å². The van der Waals surface area contributed by atoms with Crippen LogP contribution >= 0.6 is 11.3 Å². The quantitative estimate of drug-likeness (QED) is 0.843. The Bertz CT molecular complexity index is 749. The van der Waals surface area contributed by atoms with Crippen molar-refractivity contribution in [3.05, 3.63) is 41.4 Å². The number of rotatable bonds is 4. The first-order chi connectivity index (χ1) is 13.7. The normalized spacial score (nSPS) is 19.5. The zero-order chi connectivity index (χ0) is 19.3. The lowest BCUT2D eigenvalue weighted by Gasteiger charge is -2.41. The maximum absolute atomic E-state index is 12.5. The molecule has 4 rings (SSSR count). The number of hydrogen-bond donors (Lipinski definition) is 1. The van der Waals surface area contributed by atoms with Gasteiger partial charge in [-0.3, -0.25) is 4.90 Å². The van der Waals surface area contributed by atoms with Crippen LogP contribution in [0.3, 0.4) is 0 Å². The lowest BCUT2D eigenvalue weighted by Crippen LogP contribution is -2.50. The van der Waals surface area contributed by atoms with Crippen LogP contribution in [0.25, 0.3) is 0 Å². The smallest absolute Gasteiger partial charge is 0.321 e. The molecule has 1 N–H and O–H groups in total. The van der Waals surface area contributed by atoms with Crippen LogP contribution in [-0.2, 0) is 0 Å². The van der Waals surface area contributed by atoms with Crippen LogP contribution in [0.2, 0.25) is 0 Å². The van der Waals surface area contributed by atoms with E-state index in [2.05, 4.69) is 15.2 Å². The highest BCUT2D eigenvalue weighted by Crippen LogP contribution is 2.25. The molecule has 0 spiro atoms. The van der Waals surface area contributed by atoms with Crippen LogP contribution in [0, 0.1) is 6.92 Å². The van der Waals surface area contributed by atoms with Crippen molar-refractivity contribution in [1.29, 1.82) is 0 Å². The molecule has 150 valence electrons. The third-order valence-electron chi connectivity index (χ3n) is 5.72. The number of hydrogen-bond acceptors (Lipinski definition) is 5. The third kappa shape index (κ3) is 4.83. The second-order valence-corrected chi connectivity index (χ2v) is 8.52. The summed E-state index contributed by atoms with van der Waals surface area (Å²) in [6.07, 6.45) is 6.25. The lowest BCUT2D eigenvalue weighted by atomic mass is 9.99. The van der Waals surface area contributed by atoms with Gasteiger partial charge < -0.3 is 15.0 Å². The SMILES string of the molecule is Cc1ccc(NC(=O)N2CCC(N3CCC(Oc4nccs4)CC3)CC2)cc1. The number of carbonyl (C=O) groups is 1. The molecule has 0 atom stereocenters. The predicted molar refractivity (Wildman–Crippen MR) is 112 cm³/mol. The summed E-state index contributed by atoms with van der Waals surface area (Å²) in [6.45, 7) is 5.81. The van der Waals surface area contributed by atoms with E-state index in [9.17, 15) is 4.79 Å². The van der Waals surface area contributed by atoms with E-state index in [1.54, 1.807) is 17.5 Å². The molecule has 28 heavy (non-hydrogen) atoms. The van der Waals surface area contributed by atoms with Gasteiger partial charge in [0.2, 0.25) is 0 Å². The van der Waals surface area contributed by atoms with Crippen LogP contribution in [-0.4, -0.2) is 59.1 Å². The van der Waals surface area contributed by atoms with Crippen LogP contribution in [0.1, 0.15) is 31.2 Å². The Balaban J connectivity index is 1.20. The number of anilines is 1. The van der Waals surface area contributed by atoms with Crippen LogP contribution in [0.15, 0.2) is 35.8 Å². The van der Waals surface area contributed by atoms with Crippen molar-refractivity contribution in [2.75, 3.05) is 31.5 Å². The largest absolute Gasteiger partial charge is 0.467 e. The third-order valence-corrected chi connectivity index (χ3v) is 6.39. The Morgan fingerprint density at radius 2 is 1.82 bits per heavy atom. The number of benzene rings is 1. The second kappa shape index (κ2) is 8.92. The summed E-state index contributed by atoms with van der Waals surface area (Å²) >= 11 is 1.56. The molecule has 2 amide bonds. The average Bonchev–Trinajstić information content (AvgIpc) is 3.23. The number of thiazole rings is 1. The molecular formula is C21H28N4O2S. The summed E-state index contributed by atoms with van der Waals surface area (Å²) in [7, 11) is 0. The molecule has 2 aliphatic heterocycles. The van der Waals surface area contributed by atoms with Crippen LogP contribution < -0.4 is 10.1 Å². The molecule has 1 aromatic heterocycles. The highest BCUT2D eigenvalue weighted by molar-refractivity contribution is 7.11. The standard InChI is InChI=1S/C21H28N4O2S/c1-16-2-4-17(5-3-16)23-20(26)25-11-6-18(7-12-25)24-13-8-19(9-14-24)27-21-22-10-15-28-21/h2-5,10,15,18-19H,6-9,11-14H2,1H3,(H,23,26). The molecule has 7 heteroatoms. The Hall–Kier alpha value is -2.12. The Morgan fingerprint density at radius 3 is 2.46 bits per heavy atom. The number of nitrogens with one attached hydrogen (secondary N) is 1. The van der Waals surface area contributed by atoms with Crippen LogP contribution in [0.4, 0.5) is 10.5 Å². The number of amides is 2. The number of piperidine rings is 2. The fourth-order valence-electron chi connectivity index (χ4n) is 4.04. The van der Waals surface area contributed by atoms with E-state index in [1.165, 1.54) is 5.56 Å². The van der Waals surface area contributed by atoms with Gasteiger partial charge in [-0.05, 0) is 44.7 Å². The molecule has 0 aliphatic carbocycles. The molecule has 3 heterocycles. The van der Waals surface area contributed by atoms with Crippen molar-refractivity contribution in [3.63, 3.8) is 0 Å². The minimum absolute atomic E-state index is 0.0119. The van der Waals surface area contributed by atoms with Crippen molar-refractivity contribution < 1.29 is 9.53 Å². The highest BCUT2D eigenvalue weighted by Gasteiger charge is 2.30. The monoisotopic (exact) mass is 400 g/mol. The van der Waals surface area contributed by atoms with E-state index in [-0.39, 0.29) is 12.1 Å². The van der Waals surface area contributed by atoms with Crippen molar-refractivity contribution in [2.24, 2.45) is 0 Å². The van der Waals surface area contributed by atoms with Crippen molar-refractivity contribution in [1.82, 2.24) is 14.8 Å². The van der Waals surface area contributed by atoms with Crippen molar-refractivity contribution >= 4 is 23.1 Å². The van der Waals surface area contributed by atoms with E-state index in [4.69, 9.17) is 4.74 Å². The van der Waals surface area contributed by atoms with E-state index >= 15 is 0 Å². The Labute approximate surface area is 170 Å². The molecule has 0 bridgehead atoms. The van der Waals surface area contributed by atoms with Gasteiger partial charge in [0.05, 0.1) is 0 Å². The summed E-state index contributed by atoms with van der Waals surface area (Å²) in [5.74, 6) is 0. The van der Waals surface area contributed by atoms with Gasteiger partial charge in [-0.25, -0.2) is 9.78 Å². The van der Waals surface area contributed by atoms with Gasteiger partial charge in [-0.2, -0.15) is 0 Å². The summed E-state index contributed by atoms with van der Waals surface area (Å²) in [5, 5.41) is 5.75. The zero-order valence-electron chi connectivity index (χ0n) is 16.3. The molecule has 2 saturated heterocycles. The Morgan fingerprint density at radius 1 is 1.11 bits per heavy atom. The van der Waals surface area contributed by atoms with Crippen molar-refractivity contribution in [2.45, 2.75) is 44.8 Å². The highest BCUT2D eigenvalue weighted by atomic mass is 32.1. The Kier molecular flexibility index (Phi) is 6.12. The van der Waals surface area contributed by atoms with Gasteiger partial charge in [0.15, 0.2) is 0 Å². The molecule has 1 aromatic carbocycles. The summed E-state index contributed by atoms with van der Waals surface area (Å²) < 4.78 is 5.96. The first-order valence-electron chi connectivity index (χ1n) is 10.1. The van der Waals surface area contributed by atoms with Gasteiger partial charge in [-0.1, -0.05) is 29.0 Å². The first kappa shape index (κ1) is 19.2. The first-order valence-corrected chi connectivity index (χ1v) is 11.0. The van der Waals surface area contributed by atoms with E-state index in [0.29, 0.717) is 6.04 Å². The minimum Gasteiger partial charge on any atom is -0.467 e. The number of aryl methyl sites for hydroxylation is 1. The fourth-order valence-corrected chi connectivity index (χ4v) is 4.59. The minimum atomic E-state index is 0.0119. The van der Waals surface area contributed by atoms with Crippen molar-refractivity contribution in [3.8, 4) is 5.19 Å². The second-order valence-electron chi connectivity index (χ2n) is 7.67. The molecular weight excluding hydrogens is 372 g/mol. The maximum atomic E-state index is 12.5. The van der Waals surface area contributed by atoms with Gasteiger partial charge >= 0.3 is 6.03 Å². The van der Waals surface area contributed by atoms with E-state index in [1.807, 2.05) is 41.5 Å². The maximum Gasteiger partial charge on any atom is 0.321 e. The van der Waals surface area contributed by atoms with E-state index < -0.39 is 0 Å². The summed E-state index contributed by atoms with van der Waals surface area (Å²) in [6, 6.07) is 8.53.